The van der Waals surface area contributed by atoms with Gasteiger partial charge < -0.3 is 0 Å². The van der Waals surface area contributed by atoms with Crippen LogP contribution in [0.1, 0.15) is 5.56 Å². The van der Waals surface area contributed by atoms with Crippen LogP contribution in [-0.4, -0.2) is 16.4 Å². The summed E-state index contributed by atoms with van der Waals surface area (Å²) < 4.78 is 0.979. The molecule has 0 saturated carbocycles. The molecule has 0 spiro atoms. The van der Waals surface area contributed by atoms with E-state index in [1.165, 1.54) is 0 Å². The van der Waals surface area contributed by atoms with Crippen LogP contribution in [0.4, 0.5) is 5.82 Å². The normalized spacial score (nSPS) is 10.7. The molecule has 0 unspecified atom stereocenters. The molecule has 1 N–H and O–H groups in total. The maximum Gasteiger partial charge on any atom is 0.168 e. The Hall–Kier alpha value is -1.46. The highest BCUT2D eigenvalue weighted by atomic mass is 79.9. The molecule has 1 aromatic heterocycles. The first-order valence-electron chi connectivity index (χ1n) is 4.78. The Balaban J connectivity index is 2.03. The van der Waals surface area contributed by atoms with Gasteiger partial charge in [-0.05, 0) is 18.2 Å². The fraction of sp³-hybridized carbons (Fsp3) is 0. The standard InChI is InChI=1S/C11H8BrClN4/c12-9-4-2-1-3-8(9)7-14-16-11-6-5-10(13)15-17-11/h1-7H,(H,16,17)/b14-7-. The van der Waals surface area contributed by atoms with Gasteiger partial charge in [-0.15, -0.1) is 10.2 Å². The molecule has 2 aromatic rings. The number of aromatic nitrogens is 2. The molecule has 0 bridgehead atoms. The van der Waals surface area contributed by atoms with Gasteiger partial charge >= 0.3 is 0 Å². The maximum absolute atomic E-state index is 5.62. The number of nitrogens with one attached hydrogen (secondary N) is 1. The Kier molecular flexibility index (Phi) is 4.06. The van der Waals surface area contributed by atoms with Crippen molar-refractivity contribution in [3.05, 3.63) is 51.6 Å². The van der Waals surface area contributed by atoms with E-state index in [-0.39, 0.29) is 0 Å². The van der Waals surface area contributed by atoms with Crippen LogP contribution in [0.25, 0.3) is 0 Å². The molecular formula is C11H8BrClN4. The summed E-state index contributed by atoms with van der Waals surface area (Å²) in [5.74, 6) is 0.540. The van der Waals surface area contributed by atoms with Crippen LogP contribution in [0.15, 0.2) is 46.0 Å². The average Bonchev–Trinajstić information content (AvgIpc) is 2.34. The Morgan fingerprint density at radius 1 is 1.18 bits per heavy atom. The van der Waals surface area contributed by atoms with Gasteiger partial charge in [-0.3, -0.25) is 5.43 Å². The second kappa shape index (κ2) is 5.75. The van der Waals surface area contributed by atoms with Crippen molar-refractivity contribution in [1.29, 1.82) is 0 Å². The molecule has 0 saturated heterocycles. The van der Waals surface area contributed by atoms with Crippen LogP contribution in [0.5, 0.6) is 0 Å². The zero-order valence-electron chi connectivity index (χ0n) is 8.64. The largest absolute Gasteiger partial charge is 0.260 e. The molecule has 17 heavy (non-hydrogen) atoms. The molecule has 0 atom stereocenters. The molecule has 0 aliphatic heterocycles. The number of halogens is 2. The number of hydrazone groups is 1. The van der Waals surface area contributed by atoms with Crippen molar-refractivity contribution in [2.75, 3.05) is 5.43 Å². The van der Waals surface area contributed by atoms with Crippen LogP contribution in [0.3, 0.4) is 0 Å². The predicted octanol–water partition coefficient (Wildman–Crippen LogP) is 3.34. The third-order valence-electron chi connectivity index (χ3n) is 1.92. The minimum Gasteiger partial charge on any atom is -0.260 e. The first kappa shape index (κ1) is 12.0. The maximum atomic E-state index is 5.62. The van der Waals surface area contributed by atoms with Crippen molar-refractivity contribution >= 4 is 39.6 Å². The van der Waals surface area contributed by atoms with Crippen LogP contribution in [0.2, 0.25) is 5.15 Å². The summed E-state index contributed by atoms with van der Waals surface area (Å²) in [6.07, 6.45) is 1.69. The predicted molar refractivity (Wildman–Crippen MR) is 72.4 cm³/mol. The van der Waals surface area contributed by atoms with Crippen LogP contribution >= 0.6 is 27.5 Å². The molecule has 86 valence electrons. The van der Waals surface area contributed by atoms with E-state index in [1.54, 1.807) is 18.3 Å². The van der Waals surface area contributed by atoms with Gasteiger partial charge in [0.1, 0.15) is 0 Å². The van der Waals surface area contributed by atoms with Crippen LogP contribution in [0, 0.1) is 0 Å². The first-order chi connectivity index (χ1) is 8.25. The molecular weight excluding hydrogens is 304 g/mol. The van der Waals surface area contributed by atoms with Crippen molar-refractivity contribution in [1.82, 2.24) is 10.2 Å². The summed E-state index contributed by atoms with van der Waals surface area (Å²) in [7, 11) is 0. The van der Waals surface area contributed by atoms with E-state index in [0.29, 0.717) is 11.0 Å². The number of benzene rings is 1. The third kappa shape index (κ3) is 3.51. The molecule has 0 aliphatic rings. The van der Waals surface area contributed by atoms with Crippen molar-refractivity contribution < 1.29 is 0 Å². The summed E-state index contributed by atoms with van der Waals surface area (Å²) in [5, 5.41) is 11.9. The molecule has 4 nitrogen and oxygen atoms in total. The minimum atomic E-state index is 0.352. The average molecular weight is 312 g/mol. The van der Waals surface area contributed by atoms with Gasteiger partial charge in [0.25, 0.3) is 0 Å². The quantitative estimate of drug-likeness (QED) is 0.698. The summed E-state index contributed by atoms with van der Waals surface area (Å²) >= 11 is 9.04. The lowest BCUT2D eigenvalue weighted by atomic mass is 10.2. The Morgan fingerprint density at radius 2 is 2.00 bits per heavy atom. The van der Waals surface area contributed by atoms with Gasteiger partial charge in [-0.2, -0.15) is 5.10 Å². The molecule has 1 heterocycles. The molecule has 2 rings (SSSR count). The third-order valence-corrected chi connectivity index (χ3v) is 2.84. The van der Waals surface area contributed by atoms with E-state index in [2.05, 4.69) is 36.7 Å². The van der Waals surface area contributed by atoms with E-state index in [4.69, 9.17) is 11.6 Å². The van der Waals surface area contributed by atoms with Crippen molar-refractivity contribution in [2.45, 2.75) is 0 Å². The highest BCUT2D eigenvalue weighted by Gasteiger charge is 1.95. The fourth-order valence-corrected chi connectivity index (χ4v) is 1.61. The first-order valence-corrected chi connectivity index (χ1v) is 5.95. The van der Waals surface area contributed by atoms with Crippen molar-refractivity contribution in [3.63, 3.8) is 0 Å². The number of hydrogen-bond donors (Lipinski definition) is 1. The smallest absolute Gasteiger partial charge is 0.168 e. The summed E-state index contributed by atoms with van der Waals surface area (Å²) in [6.45, 7) is 0. The van der Waals surface area contributed by atoms with Crippen LogP contribution in [-0.2, 0) is 0 Å². The van der Waals surface area contributed by atoms with Crippen LogP contribution < -0.4 is 5.43 Å². The van der Waals surface area contributed by atoms with E-state index < -0.39 is 0 Å². The van der Waals surface area contributed by atoms with Gasteiger partial charge in [-0.1, -0.05) is 45.7 Å². The summed E-state index contributed by atoms with van der Waals surface area (Å²) in [6, 6.07) is 11.1. The molecule has 0 radical (unpaired) electrons. The second-order valence-electron chi connectivity index (χ2n) is 3.13. The topological polar surface area (TPSA) is 50.2 Å². The highest BCUT2D eigenvalue weighted by molar-refractivity contribution is 9.10. The number of nitrogens with zero attached hydrogens (tertiary/aromatic N) is 3. The molecule has 1 aromatic carbocycles. The van der Waals surface area contributed by atoms with Gasteiger partial charge in [0.05, 0.1) is 6.21 Å². The molecule has 0 aliphatic carbocycles. The van der Waals surface area contributed by atoms with E-state index in [1.807, 2.05) is 24.3 Å². The number of hydrogen-bond acceptors (Lipinski definition) is 4. The van der Waals surface area contributed by atoms with E-state index in [0.717, 1.165) is 10.0 Å². The van der Waals surface area contributed by atoms with E-state index >= 15 is 0 Å². The summed E-state index contributed by atoms with van der Waals surface area (Å²) in [4.78, 5) is 0. The highest BCUT2D eigenvalue weighted by Crippen LogP contribution is 2.13. The molecule has 6 heteroatoms. The SMILES string of the molecule is Clc1ccc(N/N=C\c2ccccc2Br)nn1. The van der Waals surface area contributed by atoms with Gasteiger partial charge in [-0.25, -0.2) is 0 Å². The van der Waals surface area contributed by atoms with Gasteiger partial charge in [0.15, 0.2) is 11.0 Å². The zero-order valence-corrected chi connectivity index (χ0v) is 11.0. The number of rotatable bonds is 3. The lowest BCUT2D eigenvalue weighted by Gasteiger charge is -1.98. The summed E-state index contributed by atoms with van der Waals surface area (Å²) in [5.41, 5.74) is 3.74. The molecule has 0 fully saturated rings. The number of anilines is 1. The lowest BCUT2D eigenvalue weighted by molar-refractivity contribution is 1.02. The van der Waals surface area contributed by atoms with Crippen molar-refractivity contribution in [2.24, 2.45) is 5.10 Å². The lowest BCUT2D eigenvalue weighted by Crippen LogP contribution is -1.95. The second-order valence-corrected chi connectivity index (χ2v) is 4.37. The van der Waals surface area contributed by atoms with Crippen molar-refractivity contribution in [3.8, 4) is 0 Å². The monoisotopic (exact) mass is 310 g/mol. The Labute approximate surface area is 112 Å². The molecule has 0 amide bonds. The Bertz CT molecular complexity index is 527. The minimum absolute atomic E-state index is 0.352. The Morgan fingerprint density at radius 3 is 2.71 bits per heavy atom. The van der Waals surface area contributed by atoms with Gasteiger partial charge in [0, 0.05) is 10.0 Å². The zero-order chi connectivity index (χ0) is 12.1. The fourth-order valence-electron chi connectivity index (χ4n) is 1.12. The van der Waals surface area contributed by atoms with E-state index in [9.17, 15) is 0 Å². The van der Waals surface area contributed by atoms with Gasteiger partial charge in [0.2, 0.25) is 0 Å².